The van der Waals surface area contributed by atoms with Gasteiger partial charge in [0.25, 0.3) is 5.56 Å². The average Bonchev–Trinajstić information content (AvgIpc) is 3.05. The van der Waals surface area contributed by atoms with Crippen LogP contribution in [0.4, 0.5) is 13.2 Å². The van der Waals surface area contributed by atoms with Crippen LogP contribution in [0.25, 0.3) is 27.7 Å². The second-order valence-electron chi connectivity index (χ2n) is 8.37. The van der Waals surface area contributed by atoms with Gasteiger partial charge in [0.05, 0.1) is 5.69 Å². The number of pyridine rings is 2. The van der Waals surface area contributed by atoms with Crippen molar-refractivity contribution >= 4 is 10.9 Å². The smallest absolute Gasteiger partial charge is 0.358 e. The normalized spacial score (nSPS) is 15.3. The predicted molar refractivity (Wildman–Crippen MR) is 117 cm³/mol. The fourth-order valence-electron chi connectivity index (χ4n) is 4.50. The van der Waals surface area contributed by atoms with Crippen molar-refractivity contribution in [2.24, 2.45) is 0 Å². The first-order chi connectivity index (χ1) is 15.2. The quantitative estimate of drug-likeness (QED) is 0.503. The molecule has 1 saturated heterocycles. The number of likely N-dealkylation sites (N-methyl/N-ethyl adjacent to an activating group) is 1. The number of aromatic nitrogens is 3. The van der Waals surface area contributed by atoms with Crippen LogP contribution in [0.15, 0.2) is 59.7 Å². The van der Waals surface area contributed by atoms with Crippen molar-refractivity contribution in [2.75, 3.05) is 20.1 Å². The Hall–Kier alpha value is -3.39. The van der Waals surface area contributed by atoms with Gasteiger partial charge in [0, 0.05) is 59.6 Å². The molecular formula is C24H21F3N4O. The first kappa shape index (κ1) is 20.5. The van der Waals surface area contributed by atoms with E-state index in [0.29, 0.717) is 17.0 Å². The lowest BCUT2D eigenvalue weighted by Crippen LogP contribution is -2.41. The summed E-state index contributed by atoms with van der Waals surface area (Å²) in [6, 6.07) is 11.3. The van der Waals surface area contributed by atoms with Crippen LogP contribution in [0, 0.1) is 6.92 Å². The Balaban J connectivity index is 1.47. The van der Waals surface area contributed by atoms with E-state index in [-0.39, 0.29) is 5.56 Å². The van der Waals surface area contributed by atoms with E-state index in [1.54, 1.807) is 12.3 Å². The standard InChI is InChI=1S/C24H21F3N4O/c1-14-23(17-12-30(2)13-17)19-5-4-18(10-20(19)29-14)31-8-7-15(9-22(31)32)16-3-6-21(28-11-16)24(25,26)27/h3-11,17,29H,12-13H2,1-2H3. The van der Waals surface area contributed by atoms with E-state index in [2.05, 4.69) is 28.8 Å². The Kier molecular flexibility index (Phi) is 4.70. The van der Waals surface area contributed by atoms with Crippen LogP contribution in [0.1, 0.15) is 22.9 Å². The lowest BCUT2D eigenvalue weighted by molar-refractivity contribution is -0.141. The molecule has 4 aromatic rings. The number of fused-ring (bicyclic) bond motifs is 1. The number of aromatic amines is 1. The Bertz CT molecular complexity index is 1360. The molecule has 0 spiro atoms. The number of nitrogens with zero attached hydrogens (tertiary/aromatic N) is 3. The number of nitrogens with one attached hydrogen (secondary N) is 1. The first-order valence-electron chi connectivity index (χ1n) is 10.3. The fraction of sp³-hybridized carbons (Fsp3) is 0.250. The van der Waals surface area contributed by atoms with Crippen molar-refractivity contribution in [3.8, 4) is 16.8 Å². The molecule has 5 nitrogen and oxygen atoms in total. The second kappa shape index (κ2) is 7.34. The van der Waals surface area contributed by atoms with Crippen molar-refractivity contribution in [3.63, 3.8) is 0 Å². The second-order valence-corrected chi connectivity index (χ2v) is 8.37. The molecule has 1 aromatic carbocycles. The molecule has 0 amide bonds. The Morgan fingerprint density at radius 3 is 2.47 bits per heavy atom. The zero-order chi connectivity index (χ0) is 22.6. The van der Waals surface area contributed by atoms with Gasteiger partial charge in [0.2, 0.25) is 0 Å². The third-order valence-corrected chi connectivity index (χ3v) is 6.08. The molecule has 1 aliphatic heterocycles. The van der Waals surface area contributed by atoms with Crippen molar-refractivity contribution in [2.45, 2.75) is 19.0 Å². The highest BCUT2D eigenvalue weighted by Crippen LogP contribution is 2.35. The number of benzene rings is 1. The topological polar surface area (TPSA) is 53.9 Å². The summed E-state index contributed by atoms with van der Waals surface area (Å²) < 4.78 is 39.7. The minimum Gasteiger partial charge on any atom is -0.358 e. The largest absolute Gasteiger partial charge is 0.433 e. The lowest BCUT2D eigenvalue weighted by atomic mass is 9.90. The Morgan fingerprint density at radius 2 is 1.84 bits per heavy atom. The third kappa shape index (κ3) is 3.50. The lowest BCUT2D eigenvalue weighted by Gasteiger charge is -2.36. The van der Waals surface area contributed by atoms with Crippen molar-refractivity contribution < 1.29 is 13.2 Å². The van der Waals surface area contributed by atoms with Crippen LogP contribution in [-0.2, 0) is 6.18 Å². The monoisotopic (exact) mass is 438 g/mol. The number of likely N-dealkylation sites (tertiary alicyclic amines) is 1. The minimum atomic E-state index is -4.49. The predicted octanol–water partition coefficient (Wildman–Crippen LogP) is 4.74. The summed E-state index contributed by atoms with van der Waals surface area (Å²) in [7, 11) is 2.11. The molecule has 164 valence electrons. The molecule has 4 heterocycles. The van der Waals surface area contributed by atoms with E-state index >= 15 is 0 Å². The molecule has 1 fully saturated rings. The van der Waals surface area contributed by atoms with E-state index in [4.69, 9.17) is 0 Å². The number of hydrogen-bond acceptors (Lipinski definition) is 3. The van der Waals surface area contributed by atoms with Gasteiger partial charge in [-0.15, -0.1) is 0 Å². The van der Waals surface area contributed by atoms with E-state index < -0.39 is 11.9 Å². The van der Waals surface area contributed by atoms with Crippen molar-refractivity contribution in [1.82, 2.24) is 19.4 Å². The molecule has 0 unspecified atom stereocenters. The van der Waals surface area contributed by atoms with Gasteiger partial charge in [-0.05, 0) is 49.4 Å². The number of H-pyrrole nitrogens is 1. The number of rotatable bonds is 3. The molecule has 0 atom stereocenters. The number of alkyl halides is 3. The third-order valence-electron chi connectivity index (χ3n) is 6.08. The highest BCUT2D eigenvalue weighted by molar-refractivity contribution is 5.87. The number of aryl methyl sites for hydroxylation is 1. The van der Waals surface area contributed by atoms with Gasteiger partial charge in [0.1, 0.15) is 5.69 Å². The van der Waals surface area contributed by atoms with Crippen LogP contribution in [0.5, 0.6) is 0 Å². The Morgan fingerprint density at radius 1 is 1.06 bits per heavy atom. The minimum absolute atomic E-state index is 0.272. The fourth-order valence-corrected chi connectivity index (χ4v) is 4.50. The number of hydrogen-bond donors (Lipinski definition) is 1. The van der Waals surface area contributed by atoms with E-state index in [9.17, 15) is 18.0 Å². The van der Waals surface area contributed by atoms with Gasteiger partial charge in [-0.2, -0.15) is 13.2 Å². The molecule has 3 aromatic heterocycles. The maximum Gasteiger partial charge on any atom is 0.433 e. The summed E-state index contributed by atoms with van der Waals surface area (Å²) in [5, 5.41) is 1.17. The summed E-state index contributed by atoms with van der Waals surface area (Å²) in [6.07, 6.45) is -1.73. The molecular weight excluding hydrogens is 417 g/mol. The first-order valence-corrected chi connectivity index (χ1v) is 10.3. The van der Waals surface area contributed by atoms with Crippen molar-refractivity contribution in [3.05, 3.63) is 82.2 Å². The summed E-state index contributed by atoms with van der Waals surface area (Å²) in [5.74, 6) is 0.513. The van der Waals surface area contributed by atoms with Gasteiger partial charge >= 0.3 is 6.18 Å². The number of halogens is 3. The molecule has 1 N–H and O–H groups in total. The summed E-state index contributed by atoms with van der Waals surface area (Å²) >= 11 is 0. The Labute approximate surface area is 182 Å². The maximum absolute atomic E-state index is 12.8. The van der Waals surface area contributed by atoms with Crippen molar-refractivity contribution in [1.29, 1.82) is 0 Å². The summed E-state index contributed by atoms with van der Waals surface area (Å²) in [6.45, 7) is 4.15. The summed E-state index contributed by atoms with van der Waals surface area (Å²) in [4.78, 5) is 22.0. The molecule has 0 bridgehead atoms. The molecule has 8 heteroatoms. The zero-order valence-corrected chi connectivity index (χ0v) is 17.6. The van der Waals surface area contributed by atoms with Gasteiger partial charge in [-0.25, -0.2) is 0 Å². The van der Waals surface area contributed by atoms with E-state index in [0.717, 1.165) is 42.3 Å². The molecule has 0 radical (unpaired) electrons. The van der Waals surface area contributed by atoms with Crippen LogP contribution in [-0.4, -0.2) is 39.6 Å². The average molecular weight is 438 g/mol. The zero-order valence-electron chi connectivity index (χ0n) is 17.6. The van der Waals surface area contributed by atoms with Crippen LogP contribution >= 0.6 is 0 Å². The van der Waals surface area contributed by atoms with E-state index in [1.165, 1.54) is 27.6 Å². The molecule has 0 saturated carbocycles. The van der Waals surface area contributed by atoms with Gasteiger partial charge in [-0.1, -0.05) is 12.1 Å². The molecule has 1 aliphatic rings. The van der Waals surface area contributed by atoms with E-state index in [1.807, 2.05) is 18.2 Å². The van der Waals surface area contributed by atoms with Gasteiger partial charge < -0.3 is 9.88 Å². The van der Waals surface area contributed by atoms with Crippen LogP contribution in [0.2, 0.25) is 0 Å². The highest BCUT2D eigenvalue weighted by atomic mass is 19.4. The van der Waals surface area contributed by atoms with Gasteiger partial charge in [-0.3, -0.25) is 14.3 Å². The maximum atomic E-state index is 12.8. The van der Waals surface area contributed by atoms with Gasteiger partial charge in [0.15, 0.2) is 0 Å². The molecule has 32 heavy (non-hydrogen) atoms. The van der Waals surface area contributed by atoms with Crippen LogP contribution < -0.4 is 5.56 Å². The molecule has 0 aliphatic carbocycles. The summed E-state index contributed by atoms with van der Waals surface area (Å²) in [5.41, 5.74) is 3.91. The van der Waals surface area contributed by atoms with Crippen LogP contribution in [0.3, 0.4) is 0 Å². The molecule has 5 rings (SSSR count). The SMILES string of the molecule is Cc1[nH]c2cc(-n3ccc(-c4ccc(C(F)(F)F)nc4)cc3=O)ccc2c1C1CN(C)C1. The highest BCUT2D eigenvalue weighted by Gasteiger charge is 2.32.